The highest BCUT2D eigenvalue weighted by molar-refractivity contribution is 6.42. The molecule has 1 N–H and O–H groups in total. The lowest BCUT2D eigenvalue weighted by Gasteiger charge is -2.19. The summed E-state index contributed by atoms with van der Waals surface area (Å²) in [5.74, 6) is 0. The molecule has 0 aromatic heterocycles. The Balaban J connectivity index is 1.88. The second kappa shape index (κ2) is 6.08. The van der Waals surface area contributed by atoms with E-state index in [4.69, 9.17) is 23.2 Å². The monoisotopic (exact) mass is 271 g/mol. The van der Waals surface area contributed by atoms with Crippen molar-refractivity contribution in [2.75, 3.05) is 0 Å². The third-order valence-corrected chi connectivity index (χ3v) is 4.14. The van der Waals surface area contributed by atoms with Crippen molar-refractivity contribution in [2.45, 2.75) is 51.1 Å². The molecule has 3 heteroatoms. The van der Waals surface area contributed by atoms with E-state index < -0.39 is 0 Å². The topological polar surface area (TPSA) is 12.0 Å². The fourth-order valence-corrected chi connectivity index (χ4v) is 2.89. The van der Waals surface area contributed by atoms with Gasteiger partial charge in [0, 0.05) is 12.1 Å². The zero-order chi connectivity index (χ0) is 12.3. The van der Waals surface area contributed by atoms with E-state index in [0.717, 1.165) is 6.42 Å². The molecule has 1 saturated carbocycles. The van der Waals surface area contributed by atoms with Crippen molar-refractivity contribution >= 4 is 23.2 Å². The third-order valence-electron chi connectivity index (χ3n) is 3.40. The molecule has 0 aliphatic heterocycles. The molecule has 2 rings (SSSR count). The van der Waals surface area contributed by atoms with Crippen LogP contribution in [0.3, 0.4) is 0 Å². The normalized spacial score (nSPS) is 18.5. The van der Waals surface area contributed by atoms with Gasteiger partial charge >= 0.3 is 0 Å². The highest BCUT2D eigenvalue weighted by atomic mass is 35.5. The van der Waals surface area contributed by atoms with Gasteiger partial charge < -0.3 is 5.32 Å². The number of benzene rings is 1. The van der Waals surface area contributed by atoms with Gasteiger partial charge in [0.2, 0.25) is 0 Å². The molecule has 1 unspecified atom stereocenters. The lowest BCUT2D eigenvalue weighted by molar-refractivity contribution is 0.448. The van der Waals surface area contributed by atoms with Crippen LogP contribution in [0.5, 0.6) is 0 Å². The maximum Gasteiger partial charge on any atom is 0.0595 e. The van der Waals surface area contributed by atoms with Crippen LogP contribution in [0.2, 0.25) is 10.0 Å². The molecule has 0 bridgehead atoms. The standard InChI is InChI=1S/C14H19Cl2N/c1-10(17-12-4-2-3-5-12)8-11-6-7-13(15)14(16)9-11/h6-7,9-10,12,17H,2-5,8H2,1H3. The SMILES string of the molecule is CC(Cc1ccc(Cl)c(Cl)c1)NC1CCCC1. The largest absolute Gasteiger partial charge is 0.311 e. The number of hydrogen-bond donors (Lipinski definition) is 1. The Morgan fingerprint density at radius 2 is 1.94 bits per heavy atom. The molecule has 1 aromatic carbocycles. The molecule has 1 atom stereocenters. The fraction of sp³-hybridized carbons (Fsp3) is 0.571. The lowest BCUT2D eigenvalue weighted by atomic mass is 10.1. The zero-order valence-electron chi connectivity index (χ0n) is 10.2. The zero-order valence-corrected chi connectivity index (χ0v) is 11.7. The lowest BCUT2D eigenvalue weighted by Crippen LogP contribution is -2.35. The Labute approximate surface area is 114 Å². The maximum atomic E-state index is 6.02. The van der Waals surface area contributed by atoms with Crippen LogP contribution in [-0.4, -0.2) is 12.1 Å². The smallest absolute Gasteiger partial charge is 0.0595 e. The molecular weight excluding hydrogens is 253 g/mol. The Morgan fingerprint density at radius 3 is 2.59 bits per heavy atom. The van der Waals surface area contributed by atoms with Crippen molar-refractivity contribution in [1.29, 1.82) is 0 Å². The average molecular weight is 272 g/mol. The highest BCUT2D eigenvalue weighted by Gasteiger charge is 2.16. The van der Waals surface area contributed by atoms with E-state index >= 15 is 0 Å². The molecular formula is C14H19Cl2N. The predicted molar refractivity (Wildman–Crippen MR) is 75.0 cm³/mol. The van der Waals surface area contributed by atoms with Gasteiger partial charge in [-0.1, -0.05) is 42.1 Å². The minimum absolute atomic E-state index is 0.496. The summed E-state index contributed by atoms with van der Waals surface area (Å²) in [4.78, 5) is 0. The van der Waals surface area contributed by atoms with Crippen molar-refractivity contribution < 1.29 is 0 Å². The van der Waals surface area contributed by atoms with Crippen molar-refractivity contribution in [3.8, 4) is 0 Å². The van der Waals surface area contributed by atoms with E-state index in [0.29, 0.717) is 22.1 Å². The van der Waals surface area contributed by atoms with Gasteiger partial charge in [-0.2, -0.15) is 0 Å². The van der Waals surface area contributed by atoms with Gasteiger partial charge in [0.1, 0.15) is 0 Å². The van der Waals surface area contributed by atoms with Gasteiger partial charge in [-0.25, -0.2) is 0 Å². The van der Waals surface area contributed by atoms with Crippen LogP contribution in [0.25, 0.3) is 0 Å². The summed E-state index contributed by atoms with van der Waals surface area (Å²) in [5, 5.41) is 4.97. The molecule has 0 saturated heterocycles. The van der Waals surface area contributed by atoms with Gasteiger partial charge in [0.15, 0.2) is 0 Å². The summed E-state index contributed by atoms with van der Waals surface area (Å²) in [5.41, 5.74) is 1.25. The Morgan fingerprint density at radius 1 is 1.24 bits per heavy atom. The van der Waals surface area contributed by atoms with Gasteiger partial charge in [0.05, 0.1) is 10.0 Å². The number of halogens is 2. The summed E-state index contributed by atoms with van der Waals surface area (Å²) in [7, 11) is 0. The second-order valence-corrected chi connectivity index (χ2v) is 5.82. The fourth-order valence-electron chi connectivity index (χ4n) is 2.57. The molecule has 0 heterocycles. The Bertz CT molecular complexity index is 372. The van der Waals surface area contributed by atoms with E-state index in [1.807, 2.05) is 12.1 Å². The van der Waals surface area contributed by atoms with Crippen LogP contribution in [0.15, 0.2) is 18.2 Å². The van der Waals surface area contributed by atoms with Crippen LogP contribution in [0.1, 0.15) is 38.2 Å². The summed E-state index contributed by atoms with van der Waals surface area (Å²) in [6.45, 7) is 2.24. The first kappa shape index (κ1) is 13.2. The summed E-state index contributed by atoms with van der Waals surface area (Å²) < 4.78 is 0. The van der Waals surface area contributed by atoms with Crippen molar-refractivity contribution in [3.05, 3.63) is 33.8 Å². The van der Waals surface area contributed by atoms with E-state index in [2.05, 4.69) is 18.3 Å². The predicted octanol–water partition coefficient (Wildman–Crippen LogP) is 4.46. The van der Waals surface area contributed by atoms with Gasteiger partial charge in [-0.15, -0.1) is 0 Å². The molecule has 1 aliphatic carbocycles. The van der Waals surface area contributed by atoms with Crippen molar-refractivity contribution in [3.63, 3.8) is 0 Å². The third kappa shape index (κ3) is 3.87. The van der Waals surface area contributed by atoms with Crippen molar-refractivity contribution in [2.24, 2.45) is 0 Å². The first-order valence-electron chi connectivity index (χ1n) is 6.35. The molecule has 1 aliphatic rings. The van der Waals surface area contributed by atoms with Crippen LogP contribution in [0, 0.1) is 0 Å². The molecule has 0 radical (unpaired) electrons. The Hall–Kier alpha value is -0.240. The van der Waals surface area contributed by atoms with E-state index in [1.165, 1.54) is 31.2 Å². The molecule has 17 heavy (non-hydrogen) atoms. The summed E-state index contributed by atoms with van der Waals surface area (Å²) in [6.07, 6.45) is 6.40. The molecule has 1 aromatic rings. The van der Waals surface area contributed by atoms with E-state index in [-0.39, 0.29) is 0 Å². The van der Waals surface area contributed by atoms with E-state index in [1.54, 1.807) is 0 Å². The maximum absolute atomic E-state index is 6.02. The molecule has 1 nitrogen and oxygen atoms in total. The molecule has 0 amide bonds. The van der Waals surface area contributed by atoms with Crippen LogP contribution < -0.4 is 5.32 Å². The molecule has 1 fully saturated rings. The summed E-state index contributed by atoms with van der Waals surface area (Å²) in [6, 6.07) is 7.11. The quantitative estimate of drug-likeness (QED) is 0.853. The van der Waals surface area contributed by atoms with E-state index in [9.17, 15) is 0 Å². The minimum atomic E-state index is 0.496. The highest BCUT2D eigenvalue weighted by Crippen LogP contribution is 2.23. The first-order chi connectivity index (χ1) is 8.15. The average Bonchev–Trinajstić information content (AvgIpc) is 2.76. The summed E-state index contributed by atoms with van der Waals surface area (Å²) >= 11 is 11.9. The Kier molecular flexibility index (Phi) is 4.72. The van der Waals surface area contributed by atoms with Crippen LogP contribution in [-0.2, 0) is 6.42 Å². The van der Waals surface area contributed by atoms with Gasteiger partial charge in [-0.05, 0) is 43.9 Å². The van der Waals surface area contributed by atoms with Crippen molar-refractivity contribution in [1.82, 2.24) is 5.32 Å². The number of nitrogens with one attached hydrogen (secondary N) is 1. The first-order valence-corrected chi connectivity index (χ1v) is 7.10. The number of rotatable bonds is 4. The van der Waals surface area contributed by atoms with Gasteiger partial charge in [0.25, 0.3) is 0 Å². The molecule has 0 spiro atoms. The van der Waals surface area contributed by atoms with Gasteiger partial charge in [-0.3, -0.25) is 0 Å². The van der Waals surface area contributed by atoms with Crippen LogP contribution in [0.4, 0.5) is 0 Å². The number of hydrogen-bond acceptors (Lipinski definition) is 1. The molecule has 94 valence electrons. The minimum Gasteiger partial charge on any atom is -0.311 e. The second-order valence-electron chi connectivity index (χ2n) is 5.00. The van der Waals surface area contributed by atoms with Crippen LogP contribution >= 0.6 is 23.2 Å².